The highest BCUT2D eigenvalue weighted by molar-refractivity contribution is 5.89. The molecule has 0 saturated heterocycles. The second-order valence-electron chi connectivity index (χ2n) is 6.21. The summed E-state index contributed by atoms with van der Waals surface area (Å²) < 4.78 is 5.79. The van der Waals surface area contributed by atoms with Gasteiger partial charge in [-0.25, -0.2) is 4.79 Å². The molecule has 2 aromatic rings. The van der Waals surface area contributed by atoms with Crippen LogP contribution < -0.4 is 5.32 Å². The number of hydrogen-bond acceptors (Lipinski definition) is 4. The molecular weight excluding hydrogens is 310 g/mol. The van der Waals surface area contributed by atoms with E-state index in [2.05, 4.69) is 12.2 Å². The molecule has 0 bridgehead atoms. The van der Waals surface area contributed by atoms with Crippen molar-refractivity contribution in [2.45, 2.75) is 25.8 Å². The molecule has 1 N–H and O–H groups in total. The first-order valence-electron chi connectivity index (χ1n) is 7.79. The van der Waals surface area contributed by atoms with Crippen molar-refractivity contribution in [3.63, 3.8) is 0 Å². The third-order valence-electron chi connectivity index (χ3n) is 4.23. The summed E-state index contributed by atoms with van der Waals surface area (Å²) in [5.41, 5.74) is 0.489. The number of anilines is 1. The van der Waals surface area contributed by atoms with E-state index < -0.39 is 4.92 Å². The van der Waals surface area contributed by atoms with Crippen molar-refractivity contribution in [1.82, 2.24) is 4.90 Å². The van der Waals surface area contributed by atoms with Gasteiger partial charge < -0.3 is 14.6 Å². The lowest BCUT2D eigenvalue weighted by atomic mass is 10.3. The Morgan fingerprint density at radius 2 is 2.00 bits per heavy atom. The highest BCUT2D eigenvalue weighted by Gasteiger charge is 2.36. The zero-order valence-corrected chi connectivity index (χ0v) is 13.6. The van der Waals surface area contributed by atoms with E-state index in [1.54, 1.807) is 7.05 Å². The van der Waals surface area contributed by atoms with Gasteiger partial charge in [0.15, 0.2) is 0 Å². The molecule has 1 aromatic heterocycles. The third kappa shape index (κ3) is 3.56. The number of benzene rings is 1. The smallest absolute Gasteiger partial charge is 0.321 e. The lowest BCUT2D eigenvalue weighted by Gasteiger charge is -2.16. The Labute approximate surface area is 139 Å². The Morgan fingerprint density at radius 1 is 1.33 bits per heavy atom. The Balaban J connectivity index is 1.56. The van der Waals surface area contributed by atoms with Crippen LogP contribution in [0.3, 0.4) is 0 Å². The number of nitro groups is 1. The second kappa shape index (κ2) is 6.35. The summed E-state index contributed by atoms with van der Waals surface area (Å²) in [5, 5.41) is 13.3. The average Bonchev–Trinajstić information content (AvgIpc) is 3.10. The Hall–Kier alpha value is -2.83. The molecule has 1 fully saturated rings. The molecular formula is C17H19N3O4. The van der Waals surface area contributed by atoms with Crippen molar-refractivity contribution in [2.24, 2.45) is 5.92 Å². The van der Waals surface area contributed by atoms with Crippen LogP contribution >= 0.6 is 0 Å². The minimum absolute atomic E-state index is 0.0150. The molecule has 0 spiro atoms. The fraction of sp³-hybridized carbons (Fsp3) is 0.353. The van der Waals surface area contributed by atoms with Crippen LogP contribution in [-0.2, 0) is 6.54 Å². The van der Waals surface area contributed by atoms with Crippen LogP contribution in [0.15, 0.2) is 40.8 Å². The number of nitrogens with zero attached hydrogens (tertiary/aromatic N) is 2. The molecule has 126 valence electrons. The predicted octanol–water partition coefficient (Wildman–Crippen LogP) is 3.98. The van der Waals surface area contributed by atoms with Gasteiger partial charge in [-0.3, -0.25) is 10.1 Å². The highest BCUT2D eigenvalue weighted by Crippen LogP contribution is 2.47. The SMILES string of the molecule is C[C@@H]1C[C@@H]1c1ccc(CN(C)C(=O)Nc2ccc([N+](=O)[O-])cc2)o1. The number of amides is 2. The minimum Gasteiger partial charge on any atom is -0.464 e. The van der Waals surface area contributed by atoms with Crippen LogP contribution in [0.2, 0.25) is 0 Å². The lowest BCUT2D eigenvalue weighted by Crippen LogP contribution is -2.30. The van der Waals surface area contributed by atoms with Crippen LogP contribution in [0.4, 0.5) is 16.2 Å². The summed E-state index contributed by atoms with van der Waals surface area (Å²) in [7, 11) is 1.67. The van der Waals surface area contributed by atoms with Crippen molar-refractivity contribution >= 4 is 17.4 Å². The van der Waals surface area contributed by atoms with Gasteiger partial charge >= 0.3 is 6.03 Å². The van der Waals surface area contributed by atoms with E-state index in [0.29, 0.717) is 24.1 Å². The summed E-state index contributed by atoms with van der Waals surface area (Å²) >= 11 is 0. The first kappa shape index (κ1) is 16.0. The van der Waals surface area contributed by atoms with E-state index in [4.69, 9.17) is 4.42 Å². The topological polar surface area (TPSA) is 88.6 Å². The number of nitro benzene ring substituents is 1. The van der Waals surface area contributed by atoms with Gasteiger partial charge in [-0.15, -0.1) is 0 Å². The average molecular weight is 329 g/mol. The zero-order chi connectivity index (χ0) is 17.3. The van der Waals surface area contributed by atoms with E-state index in [1.807, 2.05) is 12.1 Å². The van der Waals surface area contributed by atoms with Gasteiger partial charge in [0.1, 0.15) is 11.5 Å². The molecule has 0 aliphatic heterocycles. The Kier molecular flexibility index (Phi) is 4.24. The number of hydrogen-bond donors (Lipinski definition) is 1. The van der Waals surface area contributed by atoms with E-state index in [-0.39, 0.29) is 11.7 Å². The number of rotatable bonds is 5. The van der Waals surface area contributed by atoms with Crippen molar-refractivity contribution in [1.29, 1.82) is 0 Å². The number of nitrogens with one attached hydrogen (secondary N) is 1. The highest BCUT2D eigenvalue weighted by atomic mass is 16.6. The Morgan fingerprint density at radius 3 is 2.58 bits per heavy atom. The molecule has 2 amide bonds. The summed E-state index contributed by atoms with van der Waals surface area (Å²) in [6.45, 7) is 2.55. The van der Waals surface area contributed by atoms with Crippen molar-refractivity contribution in [3.05, 3.63) is 58.0 Å². The molecule has 0 radical (unpaired) electrons. The number of carbonyl (C=O) groups excluding carboxylic acids is 1. The number of urea groups is 1. The molecule has 1 aliphatic rings. The fourth-order valence-corrected chi connectivity index (χ4v) is 2.59. The first-order valence-corrected chi connectivity index (χ1v) is 7.79. The molecule has 2 atom stereocenters. The van der Waals surface area contributed by atoms with Crippen molar-refractivity contribution in [2.75, 3.05) is 12.4 Å². The second-order valence-corrected chi connectivity index (χ2v) is 6.21. The number of carbonyl (C=O) groups is 1. The molecule has 1 heterocycles. The zero-order valence-electron chi connectivity index (χ0n) is 13.6. The number of non-ortho nitro benzene ring substituents is 1. The normalized spacial score (nSPS) is 18.9. The maximum atomic E-state index is 12.2. The largest absolute Gasteiger partial charge is 0.464 e. The van der Waals surface area contributed by atoms with Crippen LogP contribution in [0, 0.1) is 16.0 Å². The Bertz CT molecular complexity index is 753. The van der Waals surface area contributed by atoms with Gasteiger partial charge in [-0.05, 0) is 36.6 Å². The molecule has 0 unspecified atom stereocenters. The van der Waals surface area contributed by atoms with E-state index >= 15 is 0 Å². The van der Waals surface area contributed by atoms with Gasteiger partial charge in [0.05, 0.1) is 11.5 Å². The third-order valence-corrected chi connectivity index (χ3v) is 4.23. The van der Waals surface area contributed by atoms with Crippen molar-refractivity contribution < 1.29 is 14.1 Å². The molecule has 24 heavy (non-hydrogen) atoms. The van der Waals surface area contributed by atoms with E-state index in [0.717, 1.165) is 17.9 Å². The van der Waals surface area contributed by atoms with Gasteiger partial charge in [-0.1, -0.05) is 6.92 Å². The first-order chi connectivity index (χ1) is 11.4. The predicted molar refractivity (Wildman–Crippen MR) is 88.8 cm³/mol. The van der Waals surface area contributed by atoms with E-state index in [9.17, 15) is 14.9 Å². The number of furan rings is 1. The monoisotopic (exact) mass is 329 g/mol. The minimum atomic E-state index is -0.479. The van der Waals surface area contributed by atoms with Gasteiger partial charge in [0.2, 0.25) is 0 Å². The van der Waals surface area contributed by atoms with Crippen molar-refractivity contribution in [3.8, 4) is 0 Å². The van der Waals surface area contributed by atoms with Crippen LogP contribution in [0.5, 0.6) is 0 Å². The van der Waals surface area contributed by atoms with Gasteiger partial charge in [0.25, 0.3) is 5.69 Å². The standard InChI is InChI=1S/C17H19N3O4/c1-11-9-15(11)16-8-7-14(24-16)10-19(2)17(21)18-12-3-5-13(6-4-12)20(22)23/h3-8,11,15H,9-10H2,1-2H3,(H,18,21)/t11-,15+/m1/s1. The van der Waals surface area contributed by atoms with Gasteiger partial charge in [-0.2, -0.15) is 0 Å². The maximum absolute atomic E-state index is 12.2. The fourth-order valence-electron chi connectivity index (χ4n) is 2.59. The van der Waals surface area contributed by atoms with Crippen LogP contribution in [0.25, 0.3) is 0 Å². The summed E-state index contributed by atoms with van der Waals surface area (Å²) in [4.78, 5) is 23.8. The van der Waals surface area contributed by atoms with Crippen LogP contribution in [0.1, 0.15) is 30.8 Å². The molecule has 7 heteroatoms. The summed E-state index contributed by atoms with van der Waals surface area (Å²) in [5.74, 6) is 2.91. The molecule has 1 saturated carbocycles. The quantitative estimate of drug-likeness (QED) is 0.664. The van der Waals surface area contributed by atoms with Gasteiger partial charge in [0, 0.05) is 30.8 Å². The van der Waals surface area contributed by atoms with E-state index in [1.165, 1.54) is 29.2 Å². The molecule has 1 aromatic carbocycles. The lowest BCUT2D eigenvalue weighted by molar-refractivity contribution is -0.384. The maximum Gasteiger partial charge on any atom is 0.321 e. The molecule has 1 aliphatic carbocycles. The summed E-state index contributed by atoms with van der Waals surface area (Å²) in [6, 6.07) is 9.28. The molecule has 3 rings (SSSR count). The molecule has 7 nitrogen and oxygen atoms in total. The summed E-state index contributed by atoms with van der Waals surface area (Å²) in [6.07, 6.45) is 1.16. The van der Waals surface area contributed by atoms with Crippen LogP contribution in [-0.4, -0.2) is 22.9 Å².